The van der Waals surface area contributed by atoms with Crippen molar-refractivity contribution in [2.24, 2.45) is 13.0 Å². The molecule has 0 bridgehead atoms. The Balaban J connectivity index is 1.40. The van der Waals surface area contributed by atoms with Crippen LogP contribution in [-0.2, 0) is 18.4 Å². The number of aryl methyl sites for hydroxylation is 1. The topological polar surface area (TPSA) is 28.5 Å². The Morgan fingerprint density at radius 2 is 1.88 bits per heavy atom. The molecule has 0 N–H and O–H groups in total. The lowest BCUT2D eigenvalue weighted by molar-refractivity contribution is -0.136. The predicted octanol–water partition coefficient (Wildman–Crippen LogP) is 3.67. The molecule has 2 fully saturated rings. The van der Waals surface area contributed by atoms with E-state index in [0.29, 0.717) is 5.91 Å². The highest BCUT2D eigenvalue weighted by molar-refractivity contribution is 6.31. The third-order valence-electron chi connectivity index (χ3n) is 5.78. The van der Waals surface area contributed by atoms with E-state index < -0.39 is 0 Å². The Bertz CT molecular complexity index is 771. The van der Waals surface area contributed by atoms with E-state index in [1.807, 2.05) is 6.07 Å². The van der Waals surface area contributed by atoms with E-state index >= 15 is 0 Å². The first-order chi connectivity index (χ1) is 12.1. The van der Waals surface area contributed by atoms with Crippen molar-refractivity contribution in [1.29, 1.82) is 0 Å². The monoisotopic (exact) mass is 359 g/mol. The van der Waals surface area contributed by atoms with Crippen LogP contribution in [0.5, 0.6) is 0 Å². The average molecular weight is 360 g/mol. The van der Waals surface area contributed by atoms with Gasteiger partial charge in [0.2, 0.25) is 5.91 Å². The third-order valence-corrected chi connectivity index (χ3v) is 6.02. The smallest absolute Gasteiger partial charge is 0.225 e. The molecule has 2 aliphatic heterocycles. The minimum atomic E-state index is 0.233. The quantitative estimate of drug-likeness (QED) is 0.836. The van der Waals surface area contributed by atoms with Crippen molar-refractivity contribution >= 4 is 28.4 Å². The number of carbonyl (C=O) groups is 1. The largest absolute Gasteiger partial charge is 0.350 e. The fourth-order valence-corrected chi connectivity index (χ4v) is 4.52. The standard InChI is InChI=1S/C20H26ClN3O/c1-22-13-16(18-12-17(21)4-5-19(18)22)14-23-10-6-15(7-11-23)20(25)24-8-2-3-9-24/h4-5,12-13,15H,2-3,6-11,14H2,1H3. The van der Waals surface area contributed by atoms with Gasteiger partial charge in [0.25, 0.3) is 0 Å². The van der Waals surface area contributed by atoms with E-state index in [-0.39, 0.29) is 5.92 Å². The van der Waals surface area contributed by atoms with Crippen LogP contribution in [0.25, 0.3) is 10.9 Å². The Labute approximate surface area is 154 Å². The Morgan fingerprint density at radius 1 is 1.16 bits per heavy atom. The van der Waals surface area contributed by atoms with Crippen molar-refractivity contribution in [2.45, 2.75) is 32.2 Å². The van der Waals surface area contributed by atoms with Crippen molar-refractivity contribution < 1.29 is 4.79 Å². The molecule has 0 atom stereocenters. The van der Waals surface area contributed by atoms with E-state index in [4.69, 9.17) is 11.6 Å². The van der Waals surface area contributed by atoms with Gasteiger partial charge in [0.05, 0.1) is 0 Å². The van der Waals surface area contributed by atoms with E-state index in [1.165, 1.54) is 29.3 Å². The number of rotatable bonds is 3. The van der Waals surface area contributed by atoms with Gasteiger partial charge in [-0.25, -0.2) is 0 Å². The van der Waals surface area contributed by atoms with Crippen molar-refractivity contribution in [3.63, 3.8) is 0 Å². The lowest BCUT2D eigenvalue weighted by atomic mass is 9.95. The normalized spacial score (nSPS) is 19.8. The Kier molecular flexibility index (Phi) is 4.74. The fourth-order valence-electron chi connectivity index (χ4n) is 4.35. The van der Waals surface area contributed by atoms with Gasteiger partial charge in [0.15, 0.2) is 0 Å². The molecule has 25 heavy (non-hydrogen) atoms. The van der Waals surface area contributed by atoms with Gasteiger partial charge in [-0.3, -0.25) is 9.69 Å². The van der Waals surface area contributed by atoms with Gasteiger partial charge >= 0.3 is 0 Å². The minimum Gasteiger partial charge on any atom is -0.350 e. The molecule has 0 radical (unpaired) electrons. The number of halogens is 1. The molecular formula is C20H26ClN3O. The number of fused-ring (bicyclic) bond motifs is 1. The lowest BCUT2D eigenvalue weighted by Gasteiger charge is -2.33. The SMILES string of the molecule is Cn1cc(CN2CCC(C(=O)N3CCCC3)CC2)c2cc(Cl)ccc21. The minimum absolute atomic E-state index is 0.233. The number of hydrogen-bond acceptors (Lipinski definition) is 2. The zero-order valence-corrected chi connectivity index (χ0v) is 15.6. The maximum absolute atomic E-state index is 12.6. The molecule has 4 nitrogen and oxygen atoms in total. The summed E-state index contributed by atoms with van der Waals surface area (Å²) in [5.74, 6) is 0.630. The van der Waals surface area contributed by atoms with E-state index in [9.17, 15) is 4.79 Å². The molecular weight excluding hydrogens is 334 g/mol. The highest BCUT2D eigenvalue weighted by Gasteiger charge is 2.29. The zero-order valence-electron chi connectivity index (χ0n) is 14.9. The maximum Gasteiger partial charge on any atom is 0.225 e. The molecule has 0 spiro atoms. The Morgan fingerprint density at radius 3 is 2.60 bits per heavy atom. The van der Waals surface area contributed by atoms with E-state index in [0.717, 1.165) is 50.6 Å². The van der Waals surface area contributed by atoms with Gasteiger partial charge in [-0.15, -0.1) is 0 Å². The summed E-state index contributed by atoms with van der Waals surface area (Å²) in [7, 11) is 2.08. The van der Waals surface area contributed by atoms with Crippen LogP contribution in [0.1, 0.15) is 31.2 Å². The second-order valence-corrected chi connectivity index (χ2v) is 7.95. The van der Waals surface area contributed by atoms with Crippen LogP contribution in [0.3, 0.4) is 0 Å². The molecule has 0 aliphatic carbocycles. The summed E-state index contributed by atoms with van der Waals surface area (Å²) in [5, 5.41) is 2.03. The molecule has 134 valence electrons. The molecule has 4 rings (SSSR count). The number of aromatic nitrogens is 1. The molecule has 2 aliphatic rings. The van der Waals surface area contributed by atoms with Crippen LogP contribution in [0.15, 0.2) is 24.4 Å². The molecule has 1 amide bonds. The number of piperidine rings is 1. The molecule has 3 heterocycles. The third kappa shape index (κ3) is 3.42. The summed E-state index contributed by atoms with van der Waals surface area (Å²) in [6, 6.07) is 6.10. The summed E-state index contributed by atoms with van der Waals surface area (Å²) in [4.78, 5) is 17.1. The molecule has 0 unspecified atom stereocenters. The molecule has 1 aromatic heterocycles. The number of benzene rings is 1. The number of hydrogen-bond donors (Lipinski definition) is 0. The van der Waals surface area contributed by atoms with Crippen LogP contribution >= 0.6 is 11.6 Å². The maximum atomic E-state index is 12.6. The fraction of sp³-hybridized carbons (Fsp3) is 0.550. The number of amides is 1. The van der Waals surface area contributed by atoms with E-state index in [1.54, 1.807) is 0 Å². The first-order valence-corrected chi connectivity index (χ1v) is 9.74. The second kappa shape index (κ2) is 7.00. The van der Waals surface area contributed by atoms with Crippen LogP contribution in [0, 0.1) is 5.92 Å². The molecule has 2 aromatic rings. The first kappa shape index (κ1) is 16.9. The highest BCUT2D eigenvalue weighted by atomic mass is 35.5. The van der Waals surface area contributed by atoms with E-state index in [2.05, 4.69) is 39.7 Å². The second-order valence-electron chi connectivity index (χ2n) is 7.51. The van der Waals surface area contributed by atoms with Gasteiger partial charge in [-0.05, 0) is 62.5 Å². The molecule has 0 saturated carbocycles. The summed E-state index contributed by atoms with van der Waals surface area (Å²) in [6.45, 7) is 4.87. The van der Waals surface area contributed by atoms with Crippen LogP contribution in [-0.4, -0.2) is 46.5 Å². The number of nitrogens with zero attached hydrogens (tertiary/aromatic N) is 3. The predicted molar refractivity (Wildman–Crippen MR) is 102 cm³/mol. The molecule has 2 saturated heterocycles. The van der Waals surface area contributed by atoms with Gasteiger partial charge in [0.1, 0.15) is 0 Å². The summed E-state index contributed by atoms with van der Waals surface area (Å²) < 4.78 is 2.17. The number of likely N-dealkylation sites (tertiary alicyclic amines) is 2. The summed E-state index contributed by atoms with van der Waals surface area (Å²) in [6.07, 6.45) is 6.53. The summed E-state index contributed by atoms with van der Waals surface area (Å²) >= 11 is 6.19. The van der Waals surface area contributed by atoms with Crippen LogP contribution < -0.4 is 0 Å². The number of carbonyl (C=O) groups excluding carboxylic acids is 1. The Hall–Kier alpha value is -1.52. The van der Waals surface area contributed by atoms with Crippen molar-refractivity contribution in [3.8, 4) is 0 Å². The highest BCUT2D eigenvalue weighted by Crippen LogP contribution is 2.28. The van der Waals surface area contributed by atoms with Crippen LogP contribution in [0.4, 0.5) is 0 Å². The van der Waals surface area contributed by atoms with Crippen molar-refractivity contribution in [2.75, 3.05) is 26.2 Å². The van der Waals surface area contributed by atoms with Crippen LogP contribution in [0.2, 0.25) is 5.02 Å². The van der Waals surface area contributed by atoms with Gasteiger partial charge in [-0.2, -0.15) is 0 Å². The zero-order chi connectivity index (χ0) is 17.4. The lowest BCUT2D eigenvalue weighted by Crippen LogP contribution is -2.41. The van der Waals surface area contributed by atoms with Crippen molar-refractivity contribution in [3.05, 3.63) is 35.0 Å². The summed E-state index contributed by atoms with van der Waals surface area (Å²) in [5.41, 5.74) is 2.54. The first-order valence-electron chi connectivity index (χ1n) is 9.36. The average Bonchev–Trinajstić information content (AvgIpc) is 3.24. The van der Waals surface area contributed by atoms with Gasteiger partial charge in [0, 0.05) is 54.7 Å². The van der Waals surface area contributed by atoms with Gasteiger partial charge in [-0.1, -0.05) is 11.6 Å². The molecule has 5 heteroatoms. The molecule has 1 aromatic carbocycles. The van der Waals surface area contributed by atoms with Crippen molar-refractivity contribution in [1.82, 2.24) is 14.4 Å². The van der Waals surface area contributed by atoms with Gasteiger partial charge < -0.3 is 9.47 Å².